The second-order valence-corrected chi connectivity index (χ2v) is 9.49. The molecule has 13 nitrogen and oxygen atoms in total. The van der Waals surface area contributed by atoms with Crippen LogP contribution in [0.3, 0.4) is 0 Å². The number of urea groups is 1. The summed E-state index contributed by atoms with van der Waals surface area (Å²) in [4.78, 5) is 39.2. The lowest BCUT2D eigenvalue weighted by Gasteiger charge is -2.50. The van der Waals surface area contributed by atoms with Crippen molar-refractivity contribution in [2.45, 2.75) is 44.8 Å². The largest absolute Gasteiger partial charge is 0.464 e. The maximum absolute atomic E-state index is 13.6. The van der Waals surface area contributed by atoms with Crippen molar-refractivity contribution in [1.82, 2.24) is 20.4 Å². The molecule has 2 aliphatic heterocycles. The Morgan fingerprint density at radius 2 is 1.97 bits per heavy atom. The van der Waals surface area contributed by atoms with Crippen LogP contribution in [0.4, 0.5) is 9.59 Å². The van der Waals surface area contributed by atoms with Gasteiger partial charge in [0.2, 0.25) is 0 Å². The quantitative estimate of drug-likeness (QED) is 0.297. The van der Waals surface area contributed by atoms with Gasteiger partial charge in [-0.25, -0.2) is 19.2 Å². The third-order valence-electron chi connectivity index (χ3n) is 6.03. The van der Waals surface area contributed by atoms with Crippen LogP contribution in [0, 0.1) is 5.41 Å². The number of hydrogen-bond donors (Lipinski definition) is 3. The Morgan fingerprint density at radius 3 is 2.53 bits per heavy atom. The Balaban J connectivity index is 2.04. The topological polar surface area (TPSA) is 161 Å². The van der Waals surface area contributed by atoms with Gasteiger partial charge >= 0.3 is 22.5 Å². The Kier molecular flexibility index (Phi) is 6.06. The summed E-state index contributed by atoms with van der Waals surface area (Å²) in [5.74, 6) is -0.732. The van der Waals surface area contributed by atoms with Crippen molar-refractivity contribution in [1.29, 1.82) is 0 Å². The molecule has 176 valence electrons. The second kappa shape index (κ2) is 8.18. The van der Waals surface area contributed by atoms with Crippen molar-refractivity contribution < 1.29 is 41.3 Å². The molecule has 2 unspecified atom stereocenters. The first-order chi connectivity index (χ1) is 14.8. The number of hydroxylamine groups is 2. The van der Waals surface area contributed by atoms with E-state index in [1.54, 1.807) is 38.4 Å². The van der Waals surface area contributed by atoms with Crippen molar-refractivity contribution in [2.24, 2.45) is 5.41 Å². The number of nitrogens with one attached hydrogen (secondary N) is 1. The van der Waals surface area contributed by atoms with Crippen LogP contribution < -0.4 is 9.99 Å². The summed E-state index contributed by atoms with van der Waals surface area (Å²) < 4.78 is 37.9. The van der Waals surface area contributed by atoms with Gasteiger partial charge in [-0.3, -0.25) is 14.8 Å². The first kappa shape index (κ1) is 23.7. The molecule has 1 aromatic rings. The summed E-state index contributed by atoms with van der Waals surface area (Å²) in [5, 5.41) is 10.4. The van der Waals surface area contributed by atoms with E-state index < -0.39 is 45.4 Å². The van der Waals surface area contributed by atoms with Gasteiger partial charge in [-0.1, -0.05) is 19.9 Å². The minimum Gasteiger partial charge on any atom is -0.464 e. The van der Waals surface area contributed by atoms with E-state index in [-0.39, 0.29) is 25.9 Å². The normalized spacial score (nSPS) is 23.2. The van der Waals surface area contributed by atoms with E-state index in [0.29, 0.717) is 10.1 Å². The van der Waals surface area contributed by atoms with E-state index in [9.17, 15) is 27.9 Å². The summed E-state index contributed by atoms with van der Waals surface area (Å²) in [5.41, 5.74) is -0.185. The van der Waals surface area contributed by atoms with Gasteiger partial charge in [0, 0.05) is 25.7 Å². The van der Waals surface area contributed by atoms with Gasteiger partial charge in [0.05, 0.1) is 11.5 Å². The third-order valence-corrected chi connectivity index (χ3v) is 6.37. The number of pyridine rings is 1. The molecular formula is C18H26N5O8S+. The minimum atomic E-state index is -4.96. The molecule has 2 aliphatic rings. The molecule has 3 heterocycles. The van der Waals surface area contributed by atoms with Crippen molar-refractivity contribution in [3.05, 3.63) is 30.6 Å². The SMILES string of the molecule is CN(NC(=O)C1(C(C)(C)C[n+]2ccccc2)CCC2CN1C(=O)N2OS(=O)(=O)O)C(=O)O. The monoisotopic (exact) mass is 472 g/mol. The molecule has 2 atom stereocenters. The van der Waals surface area contributed by atoms with Crippen LogP contribution >= 0.6 is 0 Å². The van der Waals surface area contributed by atoms with Gasteiger partial charge in [-0.05, 0) is 12.8 Å². The lowest BCUT2D eigenvalue weighted by Crippen LogP contribution is -2.71. The van der Waals surface area contributed by atoms with Crippen LogP contribution in [0.1, 0.15) is 26.7 Å². The van der Waals surface area contributed by atoms with E-state index in [1.807, 2.05) is 10.6 Å². The standard InChI is InChI=1S/C18H25N5O8S/c1-17(2,12-21-9-5-4-6-10-21)18(14(24)19-20(3)16(26)27)8-7-13-11-22(18)15(25)23(13)31-32(28,29)30/h4-6,9-10,13H,7-8,11-12H2,1-3H3,(H2-,19,24,26,27,28,29,30)/p+1. The number of carbonyl (C=O) groups excluding carboxylic acids is 2. The summed E-state index contributed by atoms with van der Waals surface area (Å²) in [6.07, 6.45) is 2.48. The molecule has 3 N–H and O–H groups in total. The molecule has 3 rings (SSSR count). The van der Waals surface area contributed by atoms with Crippen LogP contribution in [0.15, 0.2) is 30.6 Å². The molecule has 4 amide bonds. The van der Waals surface area contributed by atoms with Crippen molar-refractivity contribution >= 4 is 28.4 Å². The maximum atomic E-state index is 13.6. The molecule has 1 aromatic heterocycles. The number of hydrogen-bond acceptors (Lipinski definition) is 6. The van der Waals surface area contributed by atoms with Crippen LogP contribution in [-0.2, 0) is 26.0 Å². The fourth-order valence-corrected chi connectivity index (χ4v) is 4.93. The smallest absolute Gasteiger partial charge is 0.425 e. The van der Waals surface area contributed by atoms with Gasteiger partial charge in [-0.2, -0.15) is 13.5 Å². The Morgan fingerprint density at radius 1 is 1.34 bits per heavy atom. The average molecular weight is 473 g/mol. The Hall–Kier alpha value is -2.97. The number of carboxylic acid groups (broad SMARTS) is 1. The van der Waals surface area contributed by atoms with Gasteiger partial charge < -0.3 is 10.0 Å². The van der Waals surface area contributed by atoms with Crippen LogP contribution in [0.25, 0.3) is 0 Å². The van der Waals surface area contributed by atoms with Crippen molar-refractivity contribution in [3.63, 3.8) is 0 Å². The number of amides is 4. The maximum Gasteiger partial charge on any atom is 0.425 e. The van der Waals surface area contributed by atoms with E-state index in [4.69, 9.17) is 4.55 Å². The fraction of sp³-hybridized carbons (Fsp3) is 0.556. The molecule has 0 spiro atoms. The van der Waals surface area contributed by atoms with Crippen LogP contribution in [0.2, 0.25) is 0 Å². The number of nitrogens with zero attached hydrogens (tertiary/aromatic N) is 4. The van der Waals surface area contributed by atoms with Crippen LogP contribution in [-0.4, -0.2) is 76.3 Å². The molecule has 0 radical (unpaired) electrons. The number of rotatable bonds is 6. The lowest BCUT2D eigenvalue weighted by atomic mass is 9.66. The van der Waals surface area contributed by atoms with E-state index >= 15 is 0 Å². The summed E-state index contributed by atoms with van der Waals surface area (Å²) in [6.45, 7) is 3.79. The molecule has 14 heteroatoms. The van der Waals surface area contributed by atoms with Crippen molar-refractivity contribution in [3.8, 4) is 0 Å². The Labute approximate surface area is 185 Å². The number of aromatic nitrogens is 1. The van der Waals surface area contributed by atoms with E-state index in [2.05, 4.69) is 9.71 Å². The zero-order chi connectivity index (χ0) is 23.9. The Bertz CT molecular complexity index is 1020. The summed E-state index contributed by atoms with van der Waals surface area (Å²) in [6, 6.07) is 3.82. The highest BCUT2D eigenvalue weighted by Crippen LogP contribution is 2.47. The highest BCUT2D eigenvalue weighted by molar-refractivity contribution is 7.80. The minimum absolute atomic E-state index is 0.0402. The molecule has 2 fully saturated rings. The molecule has 32 heavy (non-hydrogen) atoms. The zero-order valence-corrected chi connectivity index (χ0v) is 18.7. The van der Waals surface area contributed by atoms with Gasteiger partial charge in [0.15, 0.2) is 18.9 Å². The fourth-order valence-electron chi connectivity index (χ4n) is 4.54. The van der Waals surface area contributed by atoms with Gasteiger partial charge in [0.25, 0.3) is 5.91 Å². The third kappa shape index (κ3) is 4.20. The molecule has 2 bridgehead atoms. The van der Waals surface area contributed by atoms with Gasteiger partial charge in [-0.15, -0.1) is 4.28 Å². The molecule has 2 saturated heterocycles. The predicted octanol–water partition coefficient (Wildman–Crippen LogP) is 0.0145. The number of hydrazine groups is 1. The number of carbonyl (C=O) groups is 3. The van der Waals surface area contributed by atoms with E-state index in [0.717, 1.165) is 7.05 Å². The first-order valence-electron chi connectivity index (χ1n) is 9.78. The number of piperidine rings is 1. The zero-order valence-electron chi connectivity index (χ0n) is 17.8. The number of fused-ring (bicyclic) bond motifs is 2. The molecule has 0 saturated carbocycles. The first-order valence-corrected chi connectivity index (χ1v) is 11.1. The summed E-state index contributed by atoms with van der Waals surface area (Å²) in [7, 11) is -3.81. The molecule has 0 aromatic carbocycles. The highest BCUT2D eigenvalue weighted by atomic mass is 32.3. The average Bonchev–Trinajstić information content (AvgIpc) is 2.92. The van der Waals surface area contributed by atoms with Crippen molar-refractivity contribution in [2.75, 3.05) is 13.6 Å². The molecular weight excluding hydrogens is 446 g/mol. The molecule has 0 aliphatic carbocycles. The highest BCUT2D eigenvalue weighted by Gasteiger charge is 2.65. The summed E-state index contributed by atoms with van der Waals surface area (Å²) >= 11 is 0. The van der Waals surface area contributed by atoms with E-state index in [1.165, 1.54) is 4.90 Å². The van der Waals surface area contributed by atoms with Gasteiger partial charge in [0.1, 0.15) is 5.54 Å². The second-order valence-electron chi connectivity index (χ2n) is 8.49. The predicted molar refractivity (Wildman–Crippen MR) is 107 cm³/mol. The van der Waals surface area contributed by atoms with Crippen LogP contribution in [0.5, 0.6) is 0 Å². The lowest BCUT2D eigenvalue weighted by molar-refractivity contribution is -0.710.